The van der Waals surface area contributed by atoms with Crippen molar-refractivity contribution in [1.82, 2.24) is 0 Å². The van der Waals surface area contributed by atoms with Gasteiger partial charge in [0.15, 0.2) is 25.4 Å². The summed E-state index contributed by atoms with van der Waals surface area (Å²) in [4.78, 5) is 0.0341. The van der Waals surface area contributed by atoms with Crippen molar-refractivity contribution in [2.24, 2.45) is 20.5 Å². The topological polar surface area (TPSA) is 179 Å². The van der Waals surface area contributed by atoms with Gasteiger partial charge in [0.05, 0.1) is 34.9 Å². The fourth-order valence-corrected chi connectivity index (χ4v) is 5.97. The smallest absolute Gasteiger partial charge is 0.181 e. The van der Waals surface area contributed by atoms with Gasteiger partial charge in [0.1, 0.15) is 33.5 Å². The van der Waals surface area contributed by atoms with E-state index in [1.807, 2.05) is 0 Å². The van der Waals surface area contributed by atoms with Gasteiger partial charge in [-0.05, 0) is 48.5 Å². The van der Waals surface area contributed by atoms with Crippen molar-refractivity contribution in [2.45, 2.75) is 23.6 Å². The van der Waals surface area contributed by atoms with Crippen LogP contribution in [-0.4, -0.2) is 52.7 Å². The highest BCUT2D eigenvalue weighted by molar-refractivity contribution is 7.91. The quantitative estimate of drug-likeness (QED) is 0.165. The zero-order valence-corrected chi connectivity index (χ0v) is 24.9. The van der Waals surface area contributed by atoms with E-state index in [0.717, 1.165) is 6.07 Å². The summed E-state index contributed by atoms with van der Waals surface area (Å²) in [5, 5.41) is 42.1. The second-order valence-corrected chi connectivity index (χ2v) is 13.5. The molecule has 220 valence electrons. The summed E-state index contributed by atoms with van der Waals surface area (Å²) >= 11 is 0. The standard InChI is InChI=1S/C28H29N5O7S2/c1-5-41(36,37)18-9-7-17(8-10-18)30-33-27-19-11-14-22(28(35)20(19)12-13-21(27)29-3)31-32-23-15-25(40-4)26(16-24(23)34)42(38,39)6-2/h7-16,29,34-35H,5-6H2,1-4H3. The summed E-state index contributed by atoms with van der Waals surface area (Å²) in [6.45, 7) is 3.05. The Morgan fingerprint density at radius 3 is 2.02 bits per heavy atom. The number of nitrogens with zero attached hydrogens (tertiary/aromatic N) is 4. The van der Waals surface area contributed by atoms with Crippen LogP contribution in [0, 0.1) is 0 Å². The number of azo groups is 2. The van der Waals surface area contributed by atoms with Gasteiger partial charge in [-0.15, -0.1) is 15.3 Å². The molecule has 0 fully saturated rings. The number of phenolic OH excluding ortho intramolecular Hbond substituents is 2. The lowest BCUT2D eigenvalue weighted by molar-refractivity contribution is 0.399. The maximum atomic E-state index is 12.3. The van der Waals surface area contributed by atoms with Crippen LogP contribution < -0.4 is 10.1 Å². The first-order chi connectivity index (χ1) is 19.9. The molecule has 42 heavy (non-hydrogen) atoms. The van der Waals surface area contributed by atoms with E-state index < -0.39 is 25.4 Å². The van der Waals surface area contributed by atoms with Crippen LogP contribution in [0.5, 0.6) is 17.2 Å². The third kappa shape index (κ3) is 6.04. The molecule has 0 saturated carbocycles. The number of methoxy groups -OCH3 is 1. The predicted molar refractivity (Wildman–Crippen MR) is 160 cm³/mol. The molecule has 4 rings (SSSR count). The van der Waals surface area contributed by atoms with Crippen LogP contribution in [0.15, 0.2) is 90.9 Å². The van der Waals surface area contributed by atoms with Gasteiger partial charge in [-0.1, -0.05) is 13.8 Å². The highest BCUT2D eigenvalue weighted by atomic mass is 32.2. The van der Waals surface area contributed by atoms with E-state index >= 15 is 0 Å². The summed E-state index contributed by atoms with van der Waals surface area (Å²) in [7, 11) is -3.99. The maximum Gasteiger partial charge on any atom is 0.181 e. The van der Waals surface area contributed by atoms with Crippen LogP contribution in [-0.2, 0) is 19.7 Å². The predicted octanol–water partition coefficient (Wildman–Crippen LogP) is 6.72. The molecular formula is C28H29N5O7S2. The van der Waals surface area contributed by atoms with Gasteiger partial charge in [-0.2, -0.15) is 5.11 Å². The summed E-state index contributed by atoms with van der Waals surface area (Å²) in [5.41, 5.74) is 1.52. The molecule has 0 aromatic heterocycles. The maximum absolute atomic E-state index is 12.3. The SMILES string of the molecule is CCS(=O)(=O)c1ccc(N=Nc2c(NC)ccc3c(O)c(N=Nc4cc(OC)c(S(=O)(=O)CC)cc4O)ccc23)cc1. The van der Waals surface area contributed by atoms with Crippen LogP contribution in [0.1, 0.15) is 13.8 Å². The lowest BCUT2D eigenvalue weighted by Crippen LogP contribution is -2.05. The number of benzene rings is 4. The number of ether oxygens (including phenoxy) is 1. The Kier molecular flexibility index (Phi) is 8.78. The highest BCUT2D eigenvalue weighted by Crippen LogP contribution is 2.44. The number of fused-ring (bicyclic) bond motifs is 1. The van der Waals surface area contributed by atoms with E-state index in [0.29, 0.717) is 27.8 Å². The van der Waals surface area contributed by atoms with Crippen molar-refractivity contribution in [1.29, 1.82) is 0 Å². The van der Waals surface area contributed by atoms with Crippen LogP contribution in [0.2, 0.25) is 0 Å². The summed E-state index contributed by atoms with van der Waals surface area (Å²) in [5.74, 6) is -0.816. The van der Waals surface area contributed by atoms with Gasteiger partial charge in [-0.25, -0.2) is 16.8 Å². The van der Waals surface area contributed by atoms with Gasteiger partial charge >= 0.3 is 0 Å². The zero-order valence-electron chi connectivity index (χ0n) is 23.2. The molecule has 0 radical (unpaired) electrons. The average Bonchev–Trinajstić information content (AvgIpc) is 2.99. The van der Waals surface area contributed by atoms with Gasteiger partial charge in [-0.3, -0.25) is 0 Å². The number of hydrogen-bond donors (Lipinski definition) is 3. The van der Waals surface area contributed by atoms with Gasteiger partial charge in [0, 0.05) is 30.0 Å². The molecule has 3 N–H and O–H groups in total. The molecule has 0 spiro atoms. The molecule has 0 aliphatic rings. The van der Waals surface area contributed by atoms with E-state index in [4.69, 9.17) is 4.74 Å². The van der Waals surface area contributed by atoms with E-state index in [9.17, 15) is 27.0 Å². The molecule has 0 unspecified atom stereocenters. The first kappa shape index (κ1) is 30.4. The molecule has 0 bridgehead atoms. The monoisotopic (exact) mass is 611 g/mol. The summed E-state index contributed by atoms with van der Waals surface area (Å²) in [6, 6.07) is 14.9. The number of sulfone groups is 2. The molecule has 0 amide bonds. The molecule has 0 aliphatic carbocycles. The summed E-state index contributed by atoms with van der Waals surface area (Å²) < 4.78 is 54.0. The van der Waals surface area contributed by atoms with Crippen molar-refractivity contribution in [2.75, 3.05) is 31.0 Å². The van der Waals surface area contributed by atoms with Crippen molar-refractivity contribution in [3.05, 3.63) is 60.7 Å². The molecule has 0 heterocycles. The summed E-state index contributed by atoms with van der Waals surface area (Å²) in [6.07, 6.45) is 0. The third-order valence-corrected chi connectivity index (χ3v) is 9.97. The zero-order chi connectivity index (χ0) is 30.7. The molecule has 4 aromatic carbocycles. The normalized spacial score (nSPS) is 12.4. The number of anilines is 1. The van der Waals surface area contributed by atoms with Crippen LogP contribution in [0.25, 0.3) is 10.8 Å². The van der Waals surface area contributed by atoms with Crippen molar-refractivity contribution in [3.8, 4) is 17.2 Å². The Morgan fingerprint density at radius 1 is 0.762 bits per heavy atom. The largest absolute Gasteiger partial charge is 0.506 e. The fourth-order valence-electron chi connectivity index (χ4n) is 4.03. The van der Waals surface area contributed by atoms with E-state index in [1.165, 1.54) is 38.3 Å². The van der Waals surface area contributed by atoms with E-state index in [1.54, 1.807) is 44.3 Å². The molecule has 0 atom stereocenters. The van der Waals surface area contributed by atoms with Crippen molar-refractivity contribution < 1.29 is 31.8 Å². The number of phenols is 2. The second-order valence-electron chi connectivity index (χ2n) is 8.93. The minimum Gasteiger partial charge on any atom is -0.506 e. The molecule has 12 nitrogen and oxygen atoms in total. The molecule has 4 aromatic rings. The fraction of sp³-hybridized carbons (Fsp3) is 0.214. The van der Waals surface area contributed by atoms with E-state index in [2.05, 4.69) is 25.8 Å². The number of aromatic hydroxyl groups is 2. The van der Waals surface area contributed by atoms with Crippen LogP contribution >= 0.6 is 0 Å². The molecule has 14 heteroatoms. The lowest BCUT2D eigenvalue weighted by atomic mass is 10.1. The van der Waals surface area contributed by atoms with Gasteiger partial charge in [0.2, 0.25) is 0 Å². The highest BCUT2D eigenvalue weighted by Gasteiger charge is 2.21. The number of rotatable bonds is 10. The second kappa shape index (κ2) is 12.1. The molecule has 0 saturated heterocycles. The molecule has 0 aliphatic heterocycles. The Morgan fingerprint density at radius 2 is 1.40 bits per heavy atom. The minimum absolute atomic E-state index is 0.00237. The van der Waals surface area contributed by atoms with Crippen molar-refractivity contribution >= 4 is 58.9 Å². The Hall–Kier alpha value is -4.56. The lowest BCUT2D eigenvalue weighted by Gasteiger charge is -2.11. The number of hydrogen-bond acceptors (Lipinski definition) is 12. The van der Waals surface area contributed by atoms with Crippen LogP contribution in [0.3, 0.4) is 0 Å². The van der Waals surface area contributed by atoms with Gasteiger partial charge in [0.25, 0.3) is 0 Å². The Bertz CT molecular complexity index is 1920. The Labute approximate surface area is 243 Å². The Balaban J connectivity index is 1.71. The average molecular weight is 612 g/mol. The van der Waals surface area contributed by atoms with Crippen LogP contribution in [0.4, 0.5) is 28.4 Å². The minimum atomic E-state index is -3.66. The van der Waals surface area contributed by atoms with Crippen molar-refractivity contribution in [3.63, 3.8) is 0 Å². The van der Waals surface area contributed by atoms with Gasteiger partial charge < -0.3 is 20.3 Å². The number of nitrogens with one attached hydrogen (secondary N) is 1. The molecular weight excluding hydrogens is 582 g/mol. The van der Waals surface area contributed by atoms with E-state index in [-0.39, 0.29) is 44.2 Å². The third-order valence-electron chi connectivity index (χ3n) is 6.47. The first-order valence-corrected chi connectivity index (χ1v) is 16.0. The first-order valence-electron chi connectivity index (χ1n) is 12.7.